The standard InChI is InChI=1S/C15H28N2O2/c1-2-17(11-14-4-3-9-19-14)15(18)13-7-5-12(10-16)6-8-13/h12-14H,2-11,16H2,1H3. The maximum atomic E-state index is 12.6. The van der Waals surface area contributed by atoms with Gasteiger partial charge in [-0.1, -0.05) is 0 Å². The van der Waals surface area contributed by atoms with E-state index in [4.69, 9.17) is 10.5 Å². The summed E-state index contributed by atoms with van der Waals surface area (Å²) in [6.07, 6.45) is 6.77. The average molecular weight is 268 g/mol. The van der Waals surface area contributed by atoms with Crippen LogP contribution in [0.2, 0.25) is 0 Å². The lowest BCUT2D eigenvalue weighted by atomic mass is 9.81. The van der Waals surface area contributed by atoms with Crippen LogP contribution < -0.4 is 5.73 Å². The van der Waals surface area contributed by atoms with Gasteiger partial charge in [-0.3, -0.25) is 4.79 Å². The summed E-state index contributed by atoms with van der Waals surface area (Å²) in [6, 6.07) is 0. The van der Waals surface area contributed by atoms with Crippen molar-refractivity contribution in [2.24, 2.45) is 17.6 Å². The molecule has 0 bridgehead atoms. The molecular weight excluding hydrogens is 240 g/mol. The van der Waals surface area contributed by atoms with Gasteiger partial charge in [-0.05, 0) is 57.9 Å². The molecule has 1 aliphatic heterocycles. The number of amides is 1. The van der Waals surface area contributed by atoms with Crippen LogP contribution in [0.3, 0.4) is 0 Å². The summed E-state index contributed by atoms with van der Waals surface area (Å²) in [5.41, 5.74) is 5.71. The fourth-order valence-corrected chi connectivity index (χ4v) is 3.31. The summed E-state index contributed by atoms with van der Waals surface area (Å²) < 4.78 is 5.65. The zero-order chi connectivity index (χ0) is 13.7. The number of hydrogen-bond acceptors (Lipinski definition) is 3. The lowest BCUT2D eigenvalue weighted by molar-refractivity contribution is -0.138. The molecule has 2 fully saturated rings. The molecule has 0 aromatic rings. The third-order valence-electron chi connectivity index (χ3n) is 4.67. The second-order valence-corrected chi connectivity index (χ2v) is 5.97. The van der Waals surface area contributed by atoms with Gasteiger partial charge in [-0.2, -0.15) is 0 Å². The molecular formula is C15H28N2O2. The van der Waals surface area contributed by atoms with E-state index in [1.54, 1.807) is 0 Å². The van der Waals surface area contributed by atoms with Crippen molar-refractivity contribution >= 4 is 5.91 Å². The van der Waals surface area contributed by atoms with E-state index < -0.39 is 0 Å². The van der Waals surface area contributed by atoms with Gasteiger partial charge < -0.3 is 15.4 Å². The van der Waals surface area contributed by atoms with Crippen molar-refractivity contribution in [2.75, 3.05) is 26.2 Å². The van der Waals surface area contributed by atoms with Crippen LogP contribution in [0.1, 0.15) is 45.4 Å². The SMILES string of the molecule is CCN(CC1CCCO1)C(=O)C1CCC(CN)CC1. The molecule has 0 radical (unpaired) electrons. The van der Waals surface area contributed by atoms with Crippen molar-refractivity contribution < 1.29 is 9.53 Å². The normalized spacial score (nSPS) is 31.4. The van der Waals surface area contributed by atoms with E-state index in [9.17, 15) is 4.79 Å². The molecule has 0 spiro atoms. The smallest absolute Gasteiger partial charge is 0.225 e. The van der Waals surface area contributed by atoms with Gasteiger partial charge in [0.2, 0.25) is 5.91 Å². The van der Waals surface area contributed by atoms with E-state index in [1.807, 2.05) is 4.90 Å². The first-order valence-electron chi connectivity index (χ1n) is 7.85. The summed E-state index contributed by atoms with van der Waals surface area (Å²) in [7, 11) is 0. The van der Waals surface area contributed by atoms with Gasteiger partial charge in [0.25, 0.3) is 0 Å². The molecule has 0 aromatic carbocycles. The molecule has 2 rings (SSSR count). The molecule has 2 aliphatic rings. The molecule has 2 N–H and O–H groups in total. The number of likely N-dealkylation sites (N-methyl/N-ethyl adjacent to an activating group) is 1. The number of rotatable bonds is 5. The number of nitrogens with two attached hydrogens (primary N) is 1. The van der Waals surface area contributed by atoms with E-state index in [-0.39, 0.29) is 12.0 Å². The molecule has 110 valence electrons. The first-order valence-corrected chi connectivity index (χ1v) is 7.85. The third kappa shape index (κ3) is 3.93. The first-order chi connectivity index (χ1) is 9.24. The molecule has 1 unspecified atom stereocenters. The molecule has 1 heterocycles. The van der Waals surface area contributed by atoms with Gasteiger partial charge in [0, 0.05) is 25.6 Å². The monoisotopic (exact) mass is 268 g/mol. The van der Waals surface area contributed by atoms with Crippen LogP contribution in [-0.4, -0.2) is 43.2 Å². The zero-order valence-electron chi connectivity index (χ0n) is 12.1. The van der Waals surface area contributed by atoms with Gasteiger partial charge in [-0.15, -0.1) is 0 Å². The van der Waals surface area contributed by atoms with Crippen molar-refractivity contribution in [3.8, 4) is 0 Å². The highest BCUT2D eigenvalue weighted by Gasteiger charge is 2.30. The second kappa shape index (κ2) is 7.25. The van der Waals surface area contributed by atoms with Crippen molar-refractivity contribution in [2.45, 2.75) is 51.6 Å². The van der Waals surface area contributed by atoms with E-state index in [1.165, 1.54) is 0 Å². The Labute approximate surface area is 116 Å². The zero-order valence-corrected chi connectivity index (χ0v) is 12.1. The van der Waals surface area contributed by atoms with Crippen LogP contribution in [-0.2, 0) is 9.53 Å². The van der Waals surface area contributed by atoms with Crippen LogP contribution in [0.25, 0.3) is 0 Å². The Morgan fingerprint density at radius 2 is 2.00 bits per heavy atom. The molecule has 1 saturated heterocycles. The minimum atomic E-state index is 0.226. The van der Waals surface area contributed by atoms with Crippen molar-refractivity contribution in [3.05, 3.63) is 0 Å². The van der Waals surface area contributed by atoms with E-state index >= 15 is 0 Å². The van der Waals surface area contributed by atoms with E-state index in [0.29, 0.717) is 11.8 Å². The molecule has 4 heteroatoms. The minimum Gasteiger partial charge on any atom is -0.376 e. The highest BCUT2D eigenvalue weighted by atomic mass is 16.5. The summed E-state index contributed by atoms with van der Waals surface area (Å²) in [6.45, 7) is 5.28. The lowest BCUT2D eigenvalue weighted by Crippen LogP contribution is -2.42. The maximum Gasteiger partial charge on any atom is 0.225 e. The first kappa shape index (κ1) is 14.8. The molecule has 1 amide bonds. The summed E-state index contributed by atoms with van der Waals surface area (Å²) in [5, 5.41) is 0. The Bertz CT molecular complexity index is 282. The quantitative estimate of drug-likeness (QED) is 0.827. The van der Waals surface area contributed by atoms with Crippen LogP contribution in [0, 0.1) is 11.8 Å². The van der Waals surface area contributed by atoms with Gasteiger partial charge in [0.1, 0.15) is 0 Å². The Balaban J connectivity index is 1.82. The number of ether oxygens (including phenoxy) is 1. The molecule has 1 atom stereocenters. The number of carbonyl (C=O) groups is 1. The summed E-state index contributed by atoms with van der Waals surface area (Å²) in [4.78, 5) is 14.6. The van der Waals surface area contributed by atoms with E-state index in [0.717, 1.165) is 64.8 Å². The molecule has 1 saturated carbocycles. The third-order valence-corrected chi connectivity index (χ3v) is 4.67. The van der Waals surface area contributed by atoms with Gasteiger partial charge in [-0.25, -0.2) is 0 Å². The Hall–Kier alpha value is -0.610. The van der Waals surface area contributed by atoms with Gasteiger partial charge in [0.05, 0.1) is 6.10 Å². The number of hydrogen-bond donors (Lipinski definition) is 1. The lowest BCUT2D eigenvalue weighted by Gasteiger charge is -2.32. The van der Waals surface area contributed by atoms with Crippen LogP contribution in [0.4, 0.5) is 0 Å². The van der Waals surface area contributed by atoms with Crippen molar-refractivity contribution in [1.29, 1.82) is 0 Å². The predicted octanol–water partition coefficient (Wildman–Crippen LogP) is 1.78. The largest absolute Gasteiger partial charge is 0.376 e. The number of carbonyl (C=O) groups excluding carboxylic acids is 1. The topological polar surface area (TPSA) is 55.6 Å². The molecule has 4 nitrogen and oxygen atoms in total. The Kier molecular flexibility index (Phi) is 5.64. The van der Waals surface area contributed by atoms with E-state index in [2.05, 4.69) is 6.92 Å². The number of nitrogens with zero attached hydrogens (tertiary/aromatic N) is 1. The van der Waals surface area contributed by atoms with Crippen molar-refractivity contribution in [1.82, 2.24) is 4.90 Å². The van der Waals surface area contributed by atoms with Crippen LogP contribution >= 0.6 is 0 Å². The van der Waals surface area contributed by atoms with Gasteiger partial charge in [0.15, 0.2) is 0 Å². The summed E-state index contributed by atoms with van der Waals surface area (Å²) >= 11 is 0. The predicted molar refractivity (Wildman–Crippen MR) is 75.7 cm³/mol. The minimum absolute atomic E-state index is 0.226. The van der Waals surface area contributed by atoms with Crippen molar-refractivity contribution in [3.63, 3.8) is 0 Å². The van der Waals surface area contributed by atoms with Crippen LogP contribution in [0.5, 0.6) is 0 Å². The fraction of sp³-hybridized carbons (Fsp3) is 0.933. The molecule has 0 aromatic heterocycles. The highest BCUT2D eigenvalue weighted by molar-refractivity contribution is 5.79. The Morgan fingerprint density at radius 3 is 2.53 bits per heavy atom. The summed E-state index contributed by atoms with van der Waals surface area (Å²) in [5.74, 6) is 1.20. The van der Waals surface area contributed by atoms with Gasteiger partial charge >= 0.3 is 0 Å². The molecule has 1 aliphatic carbocycles. The average Bonchev–Trinajstić information content (AvgIpc) is 2.97. The second-order valence-electron chi connectivity index (χ2n) is 5.97. The highest BCUT2D eigenvalue weighted by Crippen LogP contribution is 2.29. The Morgan fingerprint density at radius 1 is 1.26 bits per heavy atom. The molecule has 19 heavy (non-hydrogen) atoms. The van der Waals surface area contributed by atoms with Crippen LogP contribution in [0.15, 0.2) is 0 Å². The fourth-order valence-electron chi connectivity index (χ4n) is 3.31. The maximum absolute atomic E-state index is 12.6.